The van der Waals surface area contributed by atoms with Crippen molar-refractivity contribution in [1.82, 2.24) is 20.0 Å². The van der Waals surface area contributed by atoms with Crippen LogP contribution in [0.2, 0.25) is 0 Å². The van der Waals surface area contributed by atoms with E-state index in [9.17, 15) is 35.3 Å². The topological polar surface area (TPSA) is 91.4 Å². The van der Waals surface area contributed by atoms with Crippen molar-refractivity contribution in [2.24, 2.45) is 0 Å². The van der Waals surface area contributed by atoms with Crippen molar-refractivity contribution in [2.75, 3.05) is 13.1 Å². The lowest BCUT2D eigenvalue weighted by Crippen LogP contribution is -2.58. The van der Waals surface area contributed by atoms with E-state index in [0.717, 1.165) is 56.3 Å². The van der Waals surface area contributed by atoms with E-state index in [1.54, 1.807) is 6.07 Å². The average molecular weight is 581 g/mol. The zero-order valence-corrected chi connectivity index (χ0v) is 20.8. The van der Waals surface area contributed by atoms with Crippen LogP contribution < -0.4 is 5.32 Å². The quantitative estimate of drug-likeness (QED) is 0.207. The van der Waals surface area contributed by atoms with E-state index >= 15 is 4.39 Å². The van der Waals surface area contributed by atoms with Gasteiger partial charge in [-0.05, 0) is 49.7 Å². The number of benzene rings is 2. The first-order valence-electron chi connectivity index (χ1n) is 11.5. The summed E-state index contributed by atoms with van der Waals surface area (Å²) in [6.45, 7) is 1.31. The molecule has 9 nitrogen and oxygen atoms in total. The van der Waals surface area contributed by atoms with Gasteiger partial charge in [0, 0.05) is 23.1 Å². The zero-order valence-electron chi connectivity index (χ0n) is 20.0. The fraction of sp³-hybridized carbons (Fsp3) is 0.348. The number of halogens is 6. The molecule has 1 fully saturated rings. The highest BCUT2D eigenvalue weighted by Gasteiger charge is 2.63. The first-order valence-corrected chi connectivity index (χ1v) is 12.9. The lowest BCUT2D eigenvalue weighted by molar-refractivity contribution is -0.376. The number of hydroxylamine groups is 2. The second-order valence-corrected chi connectivity index (χ2v) is 10.4. The summed E-state index contributed by atoms with van der Waals surface area (Å²) < 4.78 is 110. The lowest BCUT2D eigenvalue weighted by Gasteiger charge is -2.33. The smallest absolute Gasteiger partial charge is 0.377 e. The number of nitrogens with zero attached hydrogens (tertiary/aromatic N) is 3. The second kappa shape index (κ2) is 11.0. The van der Waals surface area contributed by atoms with E-state index < -0.39 is 60.8 Å². The Hall–Kier alpha value is -3.34. The molecule has 1 N–H and O–H groups in total. The summed E-state index contributed by atoms with van der Waals surface area (Å²) in [6.07, 6.45) is -3.56. The molecule has 1 saturated heterocycles. The minimum atomic E-state index is -5.78. The average Bonchev–Trinajstić information content (AvgIpc) is 3.50. The van der Waals surface area contributed by atoms with Gasteiger partial charge in [-0.1, -0.05) is 34.8 Å². The normalized spacial score (nSPS) is 20.6. The molecule has 0 radical (unpaired) electrons. The van der Waals surface area contributed by atoms with Crippen LogP contribution in [0.5, 0.6) is 0 Å². The predicted molar refractivity (Wildman–Crippen MR) is 121 cm³/mol. The van der Waals surface area contributed by atoms with Gasteiger partial charge in [-0.15, -0.1) is 0 Å². The molecule has 212 valence electrons. The summed E-state index contributed by atoms with van der Waals surface area (Å²) >= 11 is 0. The van der Waals surface area contributed by atoms with Crippen LogP contribution in [-0.4, -0.2) is 54.2 Å². The van der Waals surface area contributed by atoms with Gasteiger partial charge in [0.05, 0.1) is 10.2 Å². The van der Waals surface area contributed by atoms with Gasteiger partial charge in [-0.25, -0.2) is 17.6 Å². The number of hydrogen-bond donors (Lipinski definition) is 1. The number of carbonyl (C=O) groups is 1. The van der Waals surface area contributed by atoms with E-state index in [4.69, 9.17) is 0 Å². The molecule has 2 aliphatic rings. The number of rotatable bonds is 9. The monoisotopic (exact) mass is 580 g/mol. The van der Waals surface area contributed by atoms with Crippen molar-refractivity contribution < 1.29 is 49.3 Å². The molecule has 39 heavy (non-hydrogen) atoms. The highest BCUT2D eigenvalue weighted by molar-refractivity contribution is 7.89. The largest absolute Gasteiger partial charge is 0.492 e. The Balaban J connectivity index is 1.68. The third-order valence-corrected chi connectivity index (χ3v) is 7.62. The van der Waals surface area contributed by atoms with Gasteiger partial charge in [0.15, 0.2) is 0 Å². The van der Waals surface area contributed by atoms with Gasteiger partial charge in [0.1, 0.15) is 17.8 Å². The Morgan fingerprint density at radius 1 is 1.10 bits per heavy atom. The summed E-state index contributed by atoms with van der Waals surface area (Å²) in [7, 11) is -5.49. The van der Waals surface area contributed by atoms with Crippen LogP contribution in [0.25, 0.3) is 0 Å². The molecule has 0 aliphatic carbocycles. The van der Waals surface area contributed by atoms with E-state index in [0.29, 0.717) is 18.4 Å². The van der Waals surface area contributed by atoms with Crippen molar-refractivity contribution in [3.05, 3.63) is 77.4 Å². The molecular weight excluding hydrogens is 558 g/mol. The molecule has 0 saturated carbocycles. The summed E-state index contributed by atoms with van der Waals surface area (Å²) in [5, 5.41) is 1.03. The molecule has 0 bridgehead atoms. The van der Waals surface area contributed by atoms with Gasteiger partial charge in [-0.3, -0.25) is 4.90 Å². The molecule has 2 aromatic rings. The van der Waals surface area contributed by atoms with Crippen LogP contribution in [-0.2, 0) is 37.6 Å². The molecule has 2 aromatic carbocycles. The van der Waals surface area contributed by atoms with Crippen LogP contribution in [0.4, 0.5) is 26.4 Å². The zero-order chi connectivity index (χ0) is 28.4. The van der Waals surface area contributed by atoms with Gasteiger partial charge in [-0.2, -0.15) is 17.6 Å². The van der Waals surface area contributed by atoms with Crippen LogP contribution in [0, 0.1) is 5.82 Å². The summed E-state index contributed by atoms with van der Waals surface area (Å²) in [6, 6.07) is 9.53. The Labute approximate surface area is 219 Å². The third kappa shape index (κ3) is 5.83. The number of hydrogen-bond acceptors (Lipinski definition) is 8. The molecule has 0 amide bonds. The first-order chi connectivity index (χ1) is 18.3. The van der Waals surface area contributed by atoms with Crippen LogP contribution >= 0.6 is 0 Å². The maximum atomic E-state index is 16.3. The van der Waals surface area contributed by atoms with Crippen molar-refractivity contribution >= 4 is 16.0 Å². The maximum Gasteiger partial charge on any atom is 0.492 e. The molecule has 1 unspecified atom stereocenters. The fourth-order valence-corrected chi connectivity index (χ4v) is 5.39. The van der Waals surface area contributed by atoms with Gasteiger partial charge >= 0.3 is 18.1 Å². The number of carbonyl (C=O) groups excluding carboxylic acids is 1. The number of nitrogens with one attached hydrogen (secondary N) is 1. The standard InChI is InChI=1S/C23H22F6N4O5S/c24-19-10-6-7-16(14-31-11-4-5-12-31)18(19)13-30-20-15-37-32(29)23(20,28)33(38-21(34)22(25,26)27)39(35,36)17-8-2-1-3-9-17/h1-3,6-10,15,30H,4-5,11-14H2. The van der Waals surface area contributed by atoms with E-state index in [-0.39, 0.29) is 5.56 Å². The highest BCUT2D eigenvalue weighted by Crippen LogP contribution is 2.40. The maximum absolute atomic E-state index is 16.3. The molecular formula is C23H22F6N4O5S. The van der Waals surface area contributed by atoms with Crippen LogP contribution in [0.1, 0.15) is 24.0 Å². The first kappa shape index (κ1) is 28.7. The van der Waals surface area contributed by atoms with Crippen molar-refractivity contribution in [3.63, 3.8) is 0 Å². The Kier molecular flexibility index (Phi) is 8.11. The molecule has 16 heteroatoms. The van der Waals surface area contributed by atoms with Gasteiger partial charge in [0.2, 0.25) is 0 Å². The van der Waals surface area contributed by atoms with Crippen molar-refractivity contribution in [3.8, 4) is 0 Å². The second-order valence-electron chi connectivity index (χ2n) is 8.60. The fourth-order valence-electron chi connectivity index (χ4n) is 4.05. The molecule has 2 aliphatic heterocycles. The van der Waals surface area contributed by atoms with Gasteiger partial charge in [0.25, 0.3) is 10.0 Å². The Morgan fingerprint density at radius 2 is 1.77 bits per heavy atom. The van der Waals surface area contributed by atoms with Crippen LogP contribution in [0.3, 0.4) is 0 Å². The Bertz CT molecular complexity index is 1340. The van der Waals surface area contributed by atoms with E-state index in [1.807, 2.05) is 4.90 Å². The summed E-state index contributed by atoms with van der Waals surface area (Å²) in [5.74, 6) is -8.17. The van der Waals surface area contributed by atoms with Crippen molar-refractivity contribution in [1.29, 1.82) is 0 Å². The van der Waals surface area contributed by atoms with E-state index in [1.165, 1.54) is 12.1 Å². The molecule has 1 atom stereocenters. The predicted octanol–water partition coefficient (Wildman–Crippen LogP) is 3.82. The lowest BCUT2D eigenvalue weighted by atomic mass is 10.1. The van der Waals surface area contributed by atoms with Gasteiger partial charge < -0.3 is 15.0 Å². The van der Waals surface area contributed by atoms with E-state index in [2.05, 4.69) is 15.0 Å². The minimum Gasteiger partial charge on any atom is -0.377 e. The third-order valence-electron chi connectivity index (χ3n) is 6.00. The number of likely N-dealkylation sites (tertiary alicyclic amines) is 1. The Morgan fingerprint density at radius 3 is 2.41 bits per heavy atom. The molecule has 0 spiro atoms. The number of alkyl halides is 4. The highest BCUT2D eigenvalue weighted by atomic mass is 32.2. The van der Waals surface area contributed by atoms with Crippen molar-refractivity contribution in [2.45, 2.75) is 42.9 Å². The summed E-state index contributed by atoms with van der Waals surface area (Å²) in [4.78, 5) is 21.0. The summed E-state index contributed by atoms with van der Waals surface area (Å²) in [5.41, 5.74) is -0.632. The molecule has 4 rings (SSSR count). The van der Waals surface area contributed by atoms with Crippen LogP contribution in [0.15, 0.2) is 65.4 Å². The minimum absolute atomic E-state index is 0.00899. The molecule has 2 heterocycles. The molecule has 0 aromatic heterocycles. The number of sulfonamides is 1. The SMILES string of the molecule is O=C(ON(C1(F)C(NCc2c(F)cccc2CN2CCCC2)=CON1F)S(=O)(=O)c1ccccc1)C(F)(F)F.